The van der Waals surface area contributed by atoms with Gasteiger partial charge in [0.1, 0.15) is 0 Å². The predicted molar refractivity (Wildman–Crippen MR) is 46.0 cm³/mol. The highest BCUT2D eigenvalue weighted by atomic mass is 31.1. The first-order valence-electron chi connectivity index (χ1n) is 3.18. The van der Waals surface area contributed by atoms with Crippen LogP contribution in [0.25, 0.3) is 0 Å². The summed E-state index contributed by atoms with van der Waals surface area (Å²) in [6.45, 7) is 2.22. The molecule has 1 aromatic rings. The molecule has 1 heterocycles. The van der Waals surface area contributed by atoms with Gasteiger partial charge in [-0.2, -0.15) is 0 Å². The van der Waals surface area contributed by atoms with Crippen LogP contribution in [0.3, 0.4) is 0 Å². The van der Waals surface area contributed by atoms with Crippen LogP contribution in [0.4, 0.5) is 0 Å². The van der Waals surface area contributed by atoms with E-state index in [9.17, 15) is 0 Å². The average Bonchev–Trinajstić information content (AvgIpc) is 2.18. The van der Waals surface area contributed by atoms with Crippen molar-refractivity contribution in [2.75, 3.05) is 0 Å². The molecule has 2 heteroatoms. The lowest BCUT2D eigenvalue weighted by Gasteiger charge is -1.94. The van der Waals surface area contributed by atoms with Gasteiger partial charge in [-0.05, 0) is 33.7 Å². The molecule has 0 bridgehead atoms. The number of aryl methyl sites for hydroxylation is 1. The Kier molecular flexibility index (Phi) is 2.76. The smallest absolute Gasteiger partial charge is 0.00528 e. The summed E-state index contributed by atoms with van der Waals surface area (Å²) in [4.78, 5) is 0. The molecule has 1 rings (SSSR count). The molecule has 0 fully saturated rings. The third kappa shape index (κ3) is 1.81. The van der Waals surface area contributed by atoms with Crippen molar-refractivity contribution in [1.82, 2.24) is 0 Å². The lowest BCUT2D eigenvalue weighted by molar-refractivity contribution is 1.03. The van der Waals surface area contributed by atoms with Crippen LogP contribution in [0.5, 0.6) is 0 Å². The van der Waals surface area contributed by atoms with Crippen molar-refractivity contribution in [3.63, 3.8) is 0 Å². The summed E-state index contributed by atoms with van der Waals surface area (Å²) >= 11 is 0. The number of hydrogen-bond acceptors (Lipinski definition) is 0. The summed E-state index contributed by atoms with van der Waals surface area (Å²) in [6, 6.07) is 4.22. The quantitative estimate of drug-likeness (QED) is 0.577. The molecule has 2 radical (unpaired) electrons. The molecule has 0 aromatic carbocycles. The van der Waals surface area contributed by atoms with Crippen molar-refractivity contribution in [3.05, 3.63) is 17.9 Å². The zero-order valence-corrected chi connectivity index (χ0v) is 7.33. The van der Waals surface area contributed by atoms with Crippen molar-refractivity contribution in [2.45, 2.75) is 19.5 Å². The molecule has 0 aliphatic carbocycles. The van der Waals surface area contributed by atoms with Gasteiger partial charge < -0.3 is 0 Å². The second-order valence-corrected chi connectivity index (χ2v) is 5.06. The van der Waals surface area contributed by atoms with Gasteiger partial charge in [0.05, 0.1) is 0 Å². The SMILES string of the molecule is CCCp1cccc1[P]. The summed E-state index contributed by atoms with van der Waals surface area (Å²) in [7, 11) is 4.39. The second-order valence-electron chi connectivity index (χ2n) is 2.06. The first kappa shape index (κ1) is 7.32. The molecule has 0 saturated carbocycles. The zero-order valence-electron chi connectivity index (χ0n) is 5.54. The van der Waals surface area contributed by atoms with Crippen LogP contribution in [0.2, 0.25) is 0 Å². The number of rotatable bonds is 2. The Morgan fingerprint density at radius 1 is 1.67 bits per heavy atom. The first-order chi connectivity index (χ1) is 4.34. The van der Waals surface area contributed by atoms with Crippen molar-refractivity contribution >= 4 is 21.8 Å². The Bertz CT molecular complexity index is 179. The molecule has 1 unspecified atom stereocenters. The fourth-order valence-electron chi connectivity index (χ4n) is 0.835. The lowest BCUT2D eigenvalue weighted by atomic mass is 10.6. The molecule has 9 heavy (non-hydrogen) atoms. The molecular weight excluding hydrogens is 146 g/mol. The molecule has 0 amide bonds. The van der Waals surface area contributed by atoms with Gasteiger partial charge >= 0.3 is 0 Å². The molecule has 0 N–H and O–H groups in total. The molecule has 0 aliphatic rings. The summed E-state index contributed by atoms with van der Waals surface area (Å²) in [5.74, 6) is 2.28. The van der Waals surface area contributed by atoms with Crippen LogP contribution < -0.4 is 5.04 Å². The highest BCUT2D eigenvalue weighted by Crippen LogP contribution is 2.28. The standard InChI is InChI=1S/C7H10P2/c1-2-5-9-6-3-4-7(9)8/h3-4,6H,2,5H2,1H3. The van der Waals surface area contributed by atoms with E-state index in [-0.39, 0.29) is 7.53 Å². The van der Waals surface area contributed by atoms with Crippen LogP contribution in [-0.2, 0) is 6.16 Å². The van der Waals surface area contributed by atoms with Gasteiger partial charge in [-0.15, -0.1) is 7.53 Å². The van der Waals surface area contributed by atoms with E-state index in [0.29, 0.717) is 0 Å². The van der Waals surface area contributed by atoms with Gasteiger partial charge in [0.25, 0.3) is 0 Å². The largest absolute Gasteiger partial charge is 0.116 e. The minimum absolute atomic E-state index is 0.0383. The van der Waals surface area contributed by atoms with E-state index in [0.717, 1.165) is 0 Å². The maximum atomic E-state index is 4.35. The fourth-order valence-corrected chi connectivity index (χ4v) is 3.01. The molecule has 48 valence electrons. The highest BCUT2D eigenvalue weighted by molar-refractivity contribution is 7.63. The van der Waals surface area contributed by atoms with E-state index < -0.39 is 0 Å². The molecule has 0 aliphatic heterocycles. The van der Waals surface area contributed by atoms with E-state index in [1.807, 2.05) is 0 Å². The Hall–Kier alpha value is 0.210. The van der Waals surface area contributed by atoms with E-state index in [4.69, 9.17) is 0 Å². The minimum atomic E-state index is 0.0383. The third-order valence-electron chi connectivity index (χ3n) is 1.27. The van der Waals surface area contributed by atoms with E-state index in [1.165, 1.54) is 17.6 Å². The lowest BCUT2D eigenvalue weighted by Crippen LogP contribution is -1.78. The zero-order chi connectivity index (χ0) is 6.69. The average molecular weight is 156 g/mol. The summed E-state index contributed by atoms with van der Waals surface area (Å²) in [5.41, 5.74) is 0. The third-order valence-corrected chi connectivity index (χ3v) is 4.39. The molecule has 0 spiro atoms. The molecule has 1 atom stereocenters. The monoisotopic (exact) mass is 156 g/mol. The van der Waals surface area contributed by atoms with Crippen LogP contribution in [0.15, 0.2) is 17.9 Å². The van der Waals surface area contributed by atoms with Gasteiger partial charge in [-0.3, -0.25) is 0 Å². The van der Waals surface area contributed by atoms with Gasteiger partial charge in [0, 0.05) is 5.04 Å². The second kappa shape index (κ2) is 3.40. The summed E-state index contributed by atoms with van der Waals surface area (Å²) in [5, 5.41) is 1.28. The van der Waals surface area contributed by atoms with Gasteiger partial charge in [0.15, 0.2) is 0 Å². The van der Waals surface area contributed by atoms with Gasteiger partial charge in [0.2, 0.25) is 0 Å². The Morgan fingerprint density at radius 2 is 2.44 bits per heavy atom. The minimum Gasteiger partial charge on any atom is -0.116 e. The molecule has 1 aromatic heterocycles. The summed E-state index contributed by atoms with van der Waals surface area (Å²) < 4.78 is 0. The van der Waals surface area contributed by atoms with Gasteiger partial charge in [-0.1, -0.05) is 13.0 Å². The van der Waals surface area contributed by atoms with Crippen molar-refractivity contribution in [3.8, 4) is 0 Å². The Labute approximate surface area is 59.9 Å². The topological polar surface area (TPSA) is 0 Å². The van der Waals surface area contributed by atoms with Crippen molar-refractivity contribution in [1.29, 1.82) is 0 Å². The van der Waals surface area contributed by atoms with Crippen molar-refractivity contribution in [2.24, 2.45) is 0 Å². The van der Waals surface area contributed by atoms with Crippen molar-refractivity contribution < 1.29 is 0 Å². The number of hydrogen-bond donors (Lipinski definition) is 0. The maximum Gasteiger partial charge on any atom is 0.00528 e. The fraction of sp³-hybridized carbons (Fsp3) is 0.429. The summed E-state index contributed by atoms with van der Waals surface area (Å²) in [6.07, 6.45) is 2.58. The van der Waals surface area contributed by atoms with E-state index in [2.05, 4.69) is 34.1 Å². The highest BCUT2D eigenvalue weighted by Gasteiger charge is 1.93. The van der Waals surface area contributed by atoms with Crippen LogP contribution in [0, 0.1) is 0 Å². The first-order valence-corrected chi connectivity index (χ1v) is 5.23. The van der Waals surface area contributed by atoms with Crippen LogP contribution >= 0.6 is 16.8 Å². The normalized spacial score (nSPS) is 12.0. The van der Waals surface area contributed by atoms with Crippen LogP contribution in [0.1, 0.15) is 13.3 Å². The molecule has 0 saturated heterocycles. The van der Waals surface area contributed by atoms with Crippen LogP contribution in [-0.4, -0.2) is 0 Å². The van der Waals surface area contributed by atoms with Gasteiger partial charge in [-0.25, -0.2) is 0 Å². The van der Waals surface area contributed by atoms with E-state index >= 15 is 0 Å². The Balaban J connectivity index is 2.69. The predicted octanol–water partition coefficient (Wildman–Crippen LogP) is 3.12. The maximum absolute atomic E-state index is 4.35. The Morgan fingerprint density at radius 3 is 2.89 bits per heavy atom. The molecule has 0 nitrogen and oxygen atoms in total. The molecular formula is C7H10P2. The van der Waals surface area contributed by atoms with E-state index in [1.54, 1.807) is 0 Å².